The summed E-state index contributed by atoms with van der Waals surface area (Å²) in [6.45, 7) is 0.874. The van der Waals surface area contributed by atoms with Crippen molar-refractivity contribution in [1.82, 2.24) is 9.80 Å². The maximum atomic E-state index is 14.0. The largest absolute Gasteiger partial charge is 0.406 e. The van der Waals surface area contributed by atoms with Gasteiger partial charge in [-0.1, -0.05) is 48.0 Å². The molecule has 0 aromatic heterocycles. The van der Waals surface area contributed by atoms with Crippen molar-refractivity contribution in [3.05, 3.63) is 64.7 Å². The summed E-state index contributed by atoms with van der Waals surface area (Å²) in [7, 11) is 0. The van der Waals surface area contributed by atoms with Crippen molar-refractivity contribution >= 4 is 29.1 Å². The lowest BCUT2D eigenvalue weighted by molar-refractivity contribution is -0.164. The summed E-state index contributed by atoms with van der Waals surface area (Å²) in [6.07, 6.45) is -2.66. The number of carbonyl (C=O) groups is 2. The highest BCUT2D eigenvalue weighted by atomic mass is 35.5. The number of amides is 2. The Balaban J connectivity index is 1.42. The second-order valence-corrected chi connectivity index (χ2v) is 10.1. The highest BCUT2D eigenvalue weighted by Gasteiger charge is 2.56. The predicted octanol–water partition coefficient (Wildman–Crippen LogP) is 4.77. The minimum atomic E-state index is -4.49. The Bertz CT molecular complexity index is 1120. The van der Waals surface area contributed by atoms with Gasteiger partial charge in [-0.15, -0.1) is 0 Å². The SMILES string of the molecule is O=C1C(N2C(=O)C3(CCN(Cc4ccccc4)CC3)c3c(Cl)cccc32)CCCN1CC(F)(F)F. The van der Waals surface area contributed by atoms with Gasteiger partial charge in [-0.3, -0.25) is 19.4 Å². The number of benzene rings is 2. The molecule has 9 heteroatoms. The molecular formula is C26H27ClF3N3O2. The van der Waals surface area contributed by atoms with E-state index in [0.29, 0.717) is 55.0 Å². The lowest BCUT2D eigenvalue weighted by Crippen LogP contribution is -2.58. The van der Waals surface area contributed by atoms with Gasteiger partial charge in [-0.2, -0.15) is 13.2 Å². The van der Waals surface area contributed by atoms with Crippen molar-refractivity contribution in [2.45, 2.75) is 49.9 Å². The number of alkyl halides is 3. The summed E-state index contributed by atoms with van der Waals surface area (Å²) in [5.41, 5.74) is 1.60. The van der Waals surface area contributed by atoms with Gasteiger partial charge in [0.25, 0.3) is 0 Å². The Labute approximate surface area is 207 Å². The van der Waals surface area contributed by atoms with E-state index in [9.17, 15) is 22.8 Å². The number of rotatable bonds is 4. The molecule has 1 unspecified atom stereocenters. The van der Waals surface area contributed by atoms with E-state index < -0.39 is 30.1 Å². The van der Waals surface area contributed by atoms with Gasteiger partial charge in [0, 0.05) is 23.7 Å². The molecule has 1 spiro atoms. The quantitative estimate of drug-likeness (QED) is 0.601. The molecule has 2 amide bonds. The second kappa shape index (κ2) is 9.13. The molecule has 2 saturated heterocycles. The summed E-state index contributed by atoms with van der Waals surface area (Å²) in [4.78, 5) is 31.8. The average Bonchev–Trinajstić information content (AvgIpc) is 3.05. The molecule has 2 fully saturated rings. The lowest BCUT2D eigenvalue weighted by atomic mass is 9.73. The fourth-order valence-electron chi connectivity index (χ4n) is 5.87. The first kappa shape index (κ1) is 24.1. The molecule has 2 aromatic rings. The number of hydrogen-bond acceptors (Lipinski definition) is 3. The third-order valence-electron chi connectivity index (χ3n) is 7.50. The number of fused-ring (bicyclic) bond motifs is 2. The van der Waals surface area contributed by atoms with E-state index in [1.807, 2.05) is 18.2 Å². The van der Waals surface area contributed by atoms with Gasteiger partial charge >= 0.3 is 6.18 Å². The number of hydrogen-bond donors (Lipinski definition) is 0. The second-order valence-electron chi connectivity index (χ2n) is 9.69. The highest BCUT2D eigenvalue weighted by Crippen LogP contribution is 2.52. The third kappa shape index (κ3) is 4.42. The summed E-state index contributed by atoms with van der Waals surface area (Å²) in [5, 5.41) is 0.463. The smallest absolute Gasteiger partial charge is 0.332 e. The van der Waals surface area contributed by atoms with E-state index in [-0.39, 0.29) is 12.5 Å². The number of likely N-dealkylation sites (tertiary alicyclic amines) is 2. The molecule has 0 N–H and O–H groups in total. The number of anilines is 1. The van der Waals surface area contributed by atoms with Crippen molar-refractivity contribution in [3.63, 3.8) is 0 Å². The van der Waals surface area contributed by atoms with Gasteiger partial charge in [0.2, 0.25) is 11.8 Å². The maximum Gasteiger partial charge on any atom is 0.406 e. The van der Waals surface area contributed by atoms with E-state index in [4.69, 9.17) is 11.6 Å². The van der Waals surface area contributed by atoms with Crippen LogP contribution in [0.1, 0.15) is 36.8 Å². The fourth-order valence-corrected chi connectivity index (χ4v) is 6.23. The minimum Gasteiger partial charge on any atom is -0.332 e. The Morgan fingerprint density at radius 3 is 2.37 bits per heavy atom. The predicted molar refractivity (Wildman–Crippen MR) is 127 cm³/mol. The van der Waals surface area contributed by atoms with Crippen molar-refractivity contribution in [3.8, 4) is 0 Å². The first-order valence-electron chi connectivity index (χ1n) is 11.9. The molecule has 186 valence electrons. The molecule has 5 nitrogen and oxygen atoms in total. The summed E-state index contributed by atoms with van der Waals surface area (Å²) >= 11 is 6.64. The van der Waals surface area contributed by atoms with Gasteiger partial charge in [-0.25, -0.2) is 0 Å². The summed E-state index contributed by atoms with van der Waals surface area (Å²) in [5.74, 6) is -0.862. The highest BCUT2D eigenvalue weighted by molar-refractivity contribution is 6.33. The van der Waals surface area contributed by atoms with Gasteiger partial charge < -0.3 is 4.90 Å². The zero-order valence-corrected chi connectivity index (χ0v) is 20.0. The molecule has 0 bridgehead atoms. The minimum absolute atomic E-state index is 0.0405. The van der Waals surface area contributed by atoms with Crippen LogP contribution in [0.5, 0.6) is 0 Å². The van der Waals surface area contributed by atoms with E-state index in [1.54, 1.807) is 18.2 Å². The van der Waals surface area contributed by atoms with Crippen molar-refractivity contribution < 1.29 is 22.8 Å². The Morgan fingerprint density at radius 2 is 1.69 bits per heavy atom. The first-order valence-corrected chi connectivity index (χ1v) is 12.3. The fraction of sp³-hybridized carbons (Fsp3) is 0.462. The molecular weight excluding hydrogens is 479 g/mol. The molecule has 0 saturated carbocycles. The van der Waals surface area contributed by atoms with Crippen LogP contribution in [-0.4, -0.2) is 60.0 Å². The maximum absolute atomic E-state index is 14.0. The number of nitrogens with zero attached hydrogens (tertiary/aromatic N) is 3. The van der Waals surface area contributed by atoms with Crippen LogP contribution in [0.3, 0.4) is 0 Å². The van der Waals surface area contributed by atoms with Crippen LogP contribution in [0.2, 0.25) is 5.02 Å². The zero-order chi connectivity index (χ0) is 24.8. The standard InChI is InChI=1S/C26H27ClF3N3O2/c27-19-8-4-9-20-22(19)25(11-14-31(15-12-25)16-18-6-2-1-3-7-18)24(35)33(20)21-10-5-13-32(23(21)34)17-26(28,29)30/h1-4,6-9,21H,5,10-17H2. The zero-order valence-electron chi connectivity index (χ0n) is 19.2. The molecule has 35 heavy (non-hydrogen) atoms. The molecule has 0 radical (unpaired) electrons. The molecule has 2 aromatic carbocycles. The molecule has 3 heterocycles. The average molecular weight is 506 g/mol. The number of piperidine rings is 2. The number of halogens is 4. The van der Waals surface area contributed by atoms with Crippen LogP contribution in [0.25, 0.3) is 0 Å². The van der Waals surface area contributed by atoms with E-state index in [2.05, 4.69) is 17.0 Å². The van der Waals surface area contributed by atoms with Gasteiger partial charge in [-0.05, 0) is 56.5 Å². The molecule has 3 aliphatic heterocycles. The monoisotopic (exact) mass is 505 g/mol. The summed E-state index contributed by atoms with van der Waals surface area (Å²) < 4.78 is 39.2. The van der Waals surface area contributed by atoms with Crippen LogP contribution in [0.15, 0.2) is 48.5 Å². The third-order valence-corrected chi connectivity index (χ3v) is 7.82. The number of carbonyl (C=O) groups excluding carboxylic acids is 2. The van der Waals surface area contributed by atoms with Crippen LogP contribution >= 0.6 is 11.6 Å². The van der Waals surface area contributed by atoms with Crippen LogP contribution in [0.4, 0.5) is 18.9 Å². The topological polar surface area (TPSA) is 43.9 Å². The Morgan fingerprint density at radius 1 is 0.971 bits per heavy atom. The molecule has 5 rings (SSSR count). The Hall–Kier alpha value is -2.58. The van der Waals surface area contributed by atoms with Crippen LogP contribution in [-0.2, 0) is 21.5 Å². The molecule has 1 atom stereocenters. The lowest BCUT2D eigenvalue weighted by Gasteiger charge is -2.40. The van der Waals surface area contributed by atoms with Crippen LogP contribution in [0, 0.1) is 0 Å². The molecule has 3 aliphatic rings. The first-order chi connectivity index (χ1) is 16.7. The van der Waals surface area contributed by atoms with E-state index in [0.717, 1.165) is 11.4 Å². The van der Waals surface area contributed by atoms with Gasteiger partial charge in [0.15, 0.2) is 0 Å². The Kier molecular flexibility index (Phi) is 6.30. The van der Waals surface area contributed by atoms with Crippen molar-refractivity contribution in [1.29, 1.82) is 0 Å². The van der Waals surface area contributed by atoms with Crippen LogP contribution < -0.4 is 4.90 Å². The molecule has 0 aliphatic carbocycles. The van der Waals surface area contributed by atoms with Crippen molar-refractivity contribution in [2.75, 3.05) is 31.1 Å². The normalized spacial score (nSPS) is 22.7. The van der Waals surface area contributed by atoms with E-state index in [1.165, 1.54) is 10.5 Å². The summed E-state index contributed by atoms with van der Waals surface area (Å²) in [6, 6.07) is 14.4. The van der Waals surface area contributed by atoms with Crippen molar-refractivity contribution in [2.24, 2.45) is 0 Å². The van der Waals surface area contributed by atoms with Gasteiger partial charge in [0.05, 0.1) is 11.1 Å². The van der Waals surface area contributed by atoms with Gasteiger partial charge in [0.1, 0.15) is 12.6 Å². The van der Waals surface area contributed by atoms with E-state index >= 15 is 0 Å².